The Labute approximate surface area is 139 Å². The van der Waals surface area contributed by atoms with E-state index < -0.39 is 0 Å². The van der Waals surface area contributed by atoms with Crippen LogP contribution in [-0.2, 0) is 0 Å². The summed E-state index contributed by atoms with van der Waals surface area (Å²) in [6, 6.07) is 0. The van der Waals surface area contributed by atoms with E-state index in [1.54, 1.807) is 5.57 Å². The molecule has 22 heavy (non-hydrogen) atoms. The Hall–Kier alpha value is -0.520. The monoisotopic (exact) mass is 302 g/mol. The van der Waals surface area contributed by atoms with Crippen molar-refractivity contribution in [3.05, 3.63) is 23.3 Å². The van der Waals surface area contributed by atoms with Crippen LogP contribution < -0.4 is 0 Å². The predicted molar refractivity (Wildman–Crippen MR) is 98.9 cm³/mol. The zero-order valence-electron chi connectivity index (χ0n) is 15.9. The average molecular weight is 303 g/mol. The van der Waals surface area contributed by atoms with Crippen LogP contribution in [0.3, 0.4) is 0 Å². The van der Waals surface area contributed by atoms with E-state index in [9.17, 15) is 0 Å². The molecule has 0 spiro atoms. The van der Waals surface area contributed by atoms with E-state index in [1.165, 1.54) is 50.5 Å². The highest BCUT2D eigenvalue weighted by molar-refractivity contribution is 5.27. The van der Waals surface area contributed by atoms with E-state index in [1.807, 2.05) is 0 Å². The molecule has 2 atom stereocenters. The third-order valence-electron chi connectivity index (χ3n) is 6.99. The van der Waals surface area contributed by atoms with Crippen molar-refractivity contribution < 1.29 is 0 Å². The Kier molecular flexibility index (Phi) is 5.97. The van der Waals surface area contributed by atoms with Gasteiger partial charge in [-0.1, -0.05) is 70.8 Å². The predicted octanol–water partition coefficient (Wildman–Crippen LogP) is 7.17. The van der Waals surface area contributed by atoms with Gasteiger partial charge >= 0.3 is 0 Å². The summed E-state index contributed by atoms with van der Waals surface area (Å²) in [5.74, 6) is 3.46. The van der Waals surface area contributed by atoms with Crippen molar-refractivity contribution in [1.29, 1.82) is 0 Å². The van der Waals surface area contributed by atoms with Crippen LogP contribution in [0.2, 0.25) is 0 Å². The fourth-order valence-electron chi connectivity index (χ4n) is 4.67. The number of rotatable bonds is 5. The molecule has 0 saturated heterocycles. The molecule has 0 aromatic rings. The quantitative estimate of drug-likeness (QED) is 0.505. The van der Waals surface area contributed by atoms with E-state index in [0.717, 1.165) is 23.7 Å². The Balaban J connectivity index is 1.95. The normalized spacial score (nSPS) is 29.5. The van der Waals surface area contributed by atoms with Gasteiger partial charge in [0.15, 0.2) is 0 Å². The second-order valence-electron chi connectivity index (χ2n) is 9.02. The summed E-state index contributed by atoms with van der Waals surface area (Å²) in [6.07, 6.45) is 14.5. The summed E-state index contributed by atoms with van der Waals surface area (Å²) >= 11 is 0. The summed E-state index contributed by atoms with van der Waals surface area (Å²) in [5, 5.41) is 0. The average Bonchev–Trinajstić information content (AvgIpc) is 2.47. The van der Waals surface area contributed by atoms with Crippen molar-refractivity contribution in [1.82, 2.24) is 0 Å². The minimum absolute atomic E-state index is 0.495. The summed E-state index contributed by atoms with van der Waals surface area (Å²) in [4.78, 5) is 0. The van der Waals surface area contributed by atoms with Gasteiger partial charge in [0.05, 0.1) is 0 Å². The van der Waals surface area contributed by atoms with Gasteiger partial charge in [-0.2, -0.15) is 0 Å². The third kappa shape index (κ3) is 4.27. The van der Waals surface area contributed by atoms with Crippen molar-refractivity contribution >= 4 is 0 Å². The highest BCUT2D eigenvalue weighted by Gasteiger charge is 2.37. The van der Waals surface area contributed by atoms with Crippen LogP contribution in [0.4, 0.5) is 0 Å². The molecule has 0 heterocycles. The van der Waals surface area contributed by atoms with Gasteiger partial charge in [-0.25, -0.2) is 0 Å². The lowest BCUT2D eigenvalue weighted by molar-refractivity contribution is 0.0697. The lowest BCUT2D eigenvalue weighted by Crippen LogP contribution is -2.34. The Bertz CT molecular complexity index is 415. The highest BCUT2D eigenvalue weighted by Crippen LogP contribution is 2.47. The molecule has 0 N–H and O–H groups in total. The van der Waals surface area contributed by atoms with E-state index in [-0.39, 0.29) is 0 Å². The smallest absolute Gasteiger partial charge is 0.0226 e. The maximum atomic E-state index is 2.55. The van der Waals surface area contributed by atoms with Gasteiger partial charge in [-0.15, -0.1) is 0 Å². The second kappa shape index (κ2) is 7.37. The Morgan fingerprint density at radius 3 is 2.36 bits per heavy atom. The molecule has 0 nitrogen and oxygen atoms in total. The lowest BCUT2D eigenvalue weighted by Gasteiger charge is -2.44. The van der Waals surface area contributed by atoms with Gasteiger partial charge in [0.2, 0.25) is 0 Å². The number of allylic oxidation sites excluding steroid dienone is 4. The van der Waals surface area contributed by atoms with Crippen molar-refractivity contribution in [2.45, 2.75) is 86.5 Å². The molecule has 1 fully saturated rings. The van der Waals surface area contributed by atoms with E-state index in [4.69, 9.17) is 0 Å². The molecule has 0 bridgehead atoms. The zero-order valence-corrected chi connectivity index (χ0v) is 15.9. The summed E-state index contributed by atoms with van der Waals surface area (Å²) in [7, 11) is 0. The van der Waals surface area contributed by atoms with Gasteiger partial charge in [0.1, 0.15) is 0 Å². The number of hydrogen-bond acceptors (Lipinski definition) is 0. The van der Waals surface area contributed by atoms with Crippen LogP contribution >= 0.6 is 0 Å². The van der Waals surface area contributed by atoms with Crippen LogP contribution in [0.5, 0.6) is 0 Å². The van der Waals surface area contributed by atoms with E-state index in [0.29, 0.717) is 5.41 Å². The molecule has 0 radical (unpaired) electrons. The van der Waals surface area contributed by atoms with Crippen LogP contribution in [0.1, 0.15) is 86.5 Å². The zero-order chi connectivity index (χ0) is 16.3. The molecule has 2 unspecified atom stereocenters. The van der Waals surface area contributed by atoms with Crippen molar-refractivity contribution in [3.63, 3.8) is 0 Å². The summed E-state index contributed by atoms with van der Waals surface area (Å²) in [5.41, 5.74) is 3.66. The maximum Gasteiger partial charge on any atom is -0.0226 e. The molecule has 2 rings (SSSR count). The van der Waals surface area contributed by atoms with Crippen LogP contribution in [0, 0.1) is 29.1 Å². The van der Waals surface area contributed by atoms with Crippen LogP contribution in [-0.4, -0.2) is 0 Å². The first-order valence-corrected chi connectivity index (χ1v) is 9.68. The highest BCUT2D eigenvalue weighted by atomic mass is 14.4. The van der Waals surface area contributed by atoms with Gasteiger partial charge in [0.25, 0.3) is 0 Å². The largest absolute Gasteiger partial charge is 0.0813 e. The van der Waals surface area contributed by atoms with Gasteiger partial charge in [-0.05, 0) is 68.1 Å². The van der Waals surface area contributed by atoms with Crippen LogP contribution in [0.25, 0.3) is 0 Å². The van der Waals surface area contributed by atoms with Crippen molar-refractivity contribution in [2.75, 3.05) is 0 Å². The Morgan fingerprint density at radius 2 is 1.77 bits per heavy atom. The Morgan fingerprint density at radius 1 is 1.14 bits per heavy atom. The summed E-state index contributed by atoms with van der Waals surface area (Å²) < 4.78 is 0. The molecule has 0 aliphatic heterocycles. The minimum Gasteiger partial charge on any atom is -0.0813 e. The molecule has 0 aromatic heterocycles. The second-order valence-corrected chi connectivity index (χ2v) is 9.02. The molecular weight excluding hydrogens is 264 g/mol. The first-order chi connectivity index (χ1) is 10.3. The standard InChI is InChI=1S/C22H38/c1-16-10-12-21(13-11-16)22(5,6)19(4)15-18(3)20-9-7-8-17(2)14-20/h8,14,16,18-19,21H,7,9-13,15H2,1-6H3. The van der Waals surface area contributed by atoms with Gasteiger partial charge < -0.3 is 0 Å². The van der Waals surface area contributed by atoms with E-state index >= 15 is 0 Å². The summed E-state index contributed by atoms with van der Waals surface area (Å²) in [6.45, 7) is 14.8. The molecular formula is C22H38. The molecule has 0 aromatic carbocycles. The topological polar surface area (TPSA) is 0 Å². The molecule has 0 amide bonds. The first kappa shape index (κ1) is 17.8. The van der Waals surface area contributed by atoms with Crippen molar-refractivity contribution in [3.8, 4) is 0 Å². The van der Waals surface area contributed by atoms with Crippen LogP contribution in [0.15, 0.2) is 23.3 Å². The SMILES string of the molecule is CC1=CCCC(C(C)CC(C)C(C)(C)C2CCC(C)CC2)=C1. The molecule has 2 aliphatic rings. The maximum absolute atomic E-state index is 2.55. The third-order valence-corrected chi connectivity index (χ3v) is 6.99. The lowest BCUT2D eigenvalue weighted by atomic mass is 9.62. The fraction of sp³-hybridized carbons (Fsp3) is 0.818. The fourth-order valence-corrected chi connectivity index (χ4v) is 4.67. The first-order valence-electron chi connectivity index (χ1n) is 9.68. The van der Waals surface area contributed by atoms with Gasteiger partial charge in [0, 0.05) is 0 Å². The molecule has 126 valence electrons. The number of hydrogen-bond donors (Lipinski definition) is 0. The molecule has 1 saturated carbocycles. The van der Waals surface area contributed by atoms with Crippen molar-refractivity contribution in [2.24, 2.45) is 29.1 Å². The molecule has 0 heteroatoms. The molecule has 2 aliphatic carbocycles. The van der Waals surface area contributed by atoms with E-state index in [2.05, 4.69) is 53.7 Å². The minimum atomic E-state index is 0.495. The van der Waals surface area contributed by atoms with Gasteiger partial charge in [-0.3, -0.25) is 0 Å².